The molecular weight excluding hydrogens is 248 g/mol. The number of allylic oxidation sites excluding steroid dienone is 2. The minimum Gasteiger partial charge on any atom is -0.508 e. The van der Waals surface area contributed by atoms with E-state index in [2.05, 4.69) is 0 Å². The van der Waals surface area contributed by atoms with E-state index in [0.717, 1.165) is 12.2 Å². The highest BCUT2D eigenvalue weighted by molar-refractivity contribution is 8.05. The predicted octanol–water partition coefficient (Wildman–Crippen LogP) is -0.140. The second kappa shape index (κ2) is 3.30. The van der Waals surface area contributed by atoms with Gasteiger partial charge in [0.2, 0.25) is 4.08 Å². The molecule has 0 amide bonds. The minimum absolute atomic E-state index is 0.349. The van der Waals surface area contributed by atoms with Crippen LogP contribution in [0.4, 0.5) is 0 Å². The highest BCUT2D eigenvalue weighted by atomic mass is 32.3. The molecule has 0 aromatic heterocycles. The van der Waals surface area contributed by atoms with Crippen molar-refractivity contribution in [2.75, 3.05) is 0 Å². The van der Waals surface area contributed by atoms with E-state index in [1.165, 1.54) is 0 Å². The zero-order valence-corrected chi connectivity index (χ0v) is 8.86. The molecule has 0 radical (unpaired) electrons. The first-order valence-electron chi connectivity index (χ1n) is 3.62. The number of aliphatic hydroxyl groups excluding tert-OH is 1. The van der Waals surface area contributed by atoms with Crippen LogP contribution >= 0.6 is 0 Å². The monoisotopic (exact) mass is 256 g/mol. The summed E-state index contributed by atoms with van der Waals surface area (Å²) >= 11 is 0. The predicted molar refractivity (Wildman–Crippen MR) is 50.3 cm³/mol. The maximum absolute atomic E-state index is 10.9. The largest absolute Gasteiger partial charge is 0.508 e. The van der Waals surface area contributed by atoms with Crippen molar-refractivity contribution in [1.82, 2.24) is 0 Å². The molecule has 0 saturated heterocycles. The van der Waals surface area contributed by atoms with Crippen LogP contribution in [0, 0.1) is 0 Å². The summed E-state index contributed by atoms with van der Waals surface area (Å²) in [6.45, 7) is 0. The van der Waals surface area contributed by atoms with Gasteiger partial charge in [0.25, 0.3) is 20.2 Å². The third-order valence-electron chi connectivity index (χ3n) is 1.98. The van der Waals surface area contributed by atoms with Gasteiger partial charge in [0.1, 0.15) is 5.76 Å². The Kier molecular flexibility index (Phi) is 2.68. The maximum Gasteiger partial charge on any atom is 0.291 e. The third-order valence-corrected chi connectivity index (χ3v) is 5.59. The van der Waals surface area contributed by atoms with E-state index < -0.39 is 30.7 Å². The second-order valence-electron chi connectivity index (χ2n) is 2.93. The maximum atomic E-state index is 10.9. The first kappa shape index (κ1) is 12.2. The summed E-state index contributed by atoms with van der Waals surface area (Å²) in [6.07, 6.45) is 1.40. The number of rotatable bonds is 2. The molecule has 7 nitrogen and oxygen atoms in total. The molecule has 15 heavy (non-hydrogen) atoms. The minimum atomic E-state index is -5.05. The molecule has 0 fully saturated rings. The van der Waals surface area contributed by atoms with Crippen molar-refractivity contribution in [2.24, 2.45) is 0 Å². The topological polar surface area (TPSA) is 129 Å². The summed E-state index contributed by atoms with van der Waals surface area (Å²) in [5.41, 5.74) is 0. The number of hydrogen-bond acceptors (Lipinski definition) is 5. The van der Waals surface area contributed by atoms with Gasteiger partial charge >= 0.3 is 0 Å². The summed E-state index contributed by atoms with van der Waals surface area (Å²) in [4.78, 5) is 0. The molecule has 0 aromatic rings. The lowest BCUT2D eigenvalue weighted by molar-refractivity contribution is 0.415. The molecule has 9 heteroatoms. The van der Waals surface area contributed by atoms with Crippen LogP contribution in [-0.4, -0.2) is 35.1 Å². The van der Waals surface area contributed by atoms with Crippen molar-refractivity contribution < 1.29 is 31.0 Å². The van der Waals surface area contributed by atoms with E-state index in [-0.39, 0.29) is 5.76 Å². The third kappa shape index (κ3) is 1.91. The molecular formula is C6H8O7S2. The molecule has 0 aromatic carbocycles. The SMILES string of the molecule is O=S(=O)(O)C1(S(=O)(=O)O)C=CC(O)=CC1. The smallest absolute Gasteiger partial charge is 0.291 e. The van der Waals surface area contributed by atoms with Gasteiger partial charge in [-0.1, -0.05) is 0 Å². The molecule has 0 unspecified atom stereocenters. The van der Waals surface area contributed by atoms with Crippen LogP contribution in [0.25, 0.3) is 0 Å². The van der Waals surface area contributed by atoms with Crippen molar-refractivity contribution in [1.29, 1.82) is 0 Å². The lowest BCUT2D eigenvalue weighted by atomic mass is 10.1. The van der Waals surface area contributed by atoms with E-state index in [1.54, 1.807) is 0 Å². The average molecular weight is 256 g/mol. The summed E-state index contributed by atoms with van der Waals surface area (Å²) in [5, 5.41) is 8.89. The van der Waals surface area contributed by atoms with Crippen LogP contribution in [0.5, 0.6) is 0 Å². The number of aliphatic hydroxyl groups is 1. The van der Waals surface area contributed by atoms with E-state index in [1.807, 2.05) is 0 Å². The molecule has 86 valence electrons. The molecule has 0 heterocycles. The van der Waals surface area contributed by atoms with Crippen molar-refractivity contribution in [2.45, 2.75) is 10.5 Å². The summed E-state index contributed by atoms with van der Waals surface area (Å²) in [7, 11) is -10.1. The molecule has 3 N–H and O–H groups in total. The standard InChI is InChI=1S/C6H8O7S2/c7-5-1-3-6(4-2-5,14(8,9)10)15(11,12)13/h1-3,7H,4H2,(H,8,9,10)(H,11,12,13). The first-order valence-corrected chi connectivity index (χ1v) is 6.50. The van der Waals surface area contributed by atoms with Crippen LogP contribution < -0.4 is 0 Å². The van der Waals surface area contributed by atoms with Crippen molar-refractivity contribution in [3.63, 3.8) is 0 Å². The first-order chi connectivity index (χ1) is 6.60. The zero-order valence-electron chi connectivity index (χ0n) is 7.23. The Hall–Kier alpha value is -0.900. The quantitative estimate of drug-likeness (QED) is 0.586. The Morgan fingerprint density at radius 3 is 1.87 bits per heavy atom. The van der Waals surface area contributed by atoms with Gasteiger partial charge in [-0.15, -0.1) is 0 Å². The Morgan fingerprint density at radius 1 is 1.13 bits per heavy atom. The molecule has 1 aliphatic carbocycles. The Morgan fingerprint density at radius 2 is 1.60 bits per heavy atom. The molecule has 0 spiro atoms. The van der Waals surface area contributed by atoms with Gasteiger partial charge < -0.3 is 5.11 Å². The van der Waals surface area contributed by atoms with Crippen LogP contribution in [0.15, 0.2) is 24.0 Å². The van der Waals surface area contributed by atoms with Gasteiger partial charge in [0.05, 0.1) is 0 Å². The fourth-order valence-corrected chi connectivity index (χ4v) is 3.24. The summed E-state index contributed by atoms with van der Waals surface area (Å²) in [5.74, 6) is -0.349. The van der Waals surface area contributed by atoms with Crippen LogP contribution in [0.1, 0.15) is 6.42 Å². The normalized spacial score (nSPS) is 21.1. The van der Waals surface area contributed by atoms with Crippen molar-refractivity contribution in [3.8, 4) is 0 Å². The van der Waals surface area contributed by atoms with E-state index in [4.69, 9.17) is 14.2 Å². The molecule has 1 rings (SSSR count). The van der Waals surface area contributed by atoms with Crippen LogP contribution in [0.2, 0.25) is 0 Å². The van der Waals surface area contributed by atoms with Gasteiger partial charge in [0.15, 0.2) is 0 Å². The van der Waals surface area contributed by atoms with E-state index in [9.17, 15) is 16.8 Å². The molecule has 0 bridgehead atoms. The van der Waals surface area contributed by atoms with Crippen LogP contribution in [0.3, 0.4) is 0 Å². The summed E-state index contributed by atoms with van der Waals surface area (Å²) in [6, 6.07) is 0. The molecule has 0 saturated carbocycles. The van der Waals surface area contributed by atoms with E-state index in [0.29, 0.717) is 6.08 Å². The van der Waals surface area contributed by atoms with Gasteiger partial charge in [0, 0.05) is 6.42 Å². The van der Waals surface area contributed by atoms with Gasteiger partial charge in [-0.2, -0.15) is 16.8 Å². The Labute approximate surface area is 86.2 Å². The Balaban J connectivity index is 3.46. The van der Waals surface area contributed by atoms with E-state index >= 15 is 0 Å². The Bertz CT molecular complexity index is 490. The second-order valence-corrected chi connectivity index (χ2v) is 6.54. The fraction of sp³-hybridized carbons (Fsp3) is 0.333. The van der Waals surface area contributed by atoms with Crippen molar-refractivity contribution >= 4 is 20.2 Å². The fourth-order valence-electron chi connectivity index (χ4n) is 1.11. The highest BCUT2D eigenvalue weighted by Crippen LogP contribution is 2.32. The molecule has 1 aliphatic rings. The van der Waals surface area contributed by atoms with Crippen LogP contribution in [-0.2, 0) is 20.2 Å². The summed E-state index contributed by atoms with van der Waals surface area (Å²) < 4.78 is 58.4. The molecule has 0 atom stereocenters. The molecule has 0 aliphatic heterocycles. The van der Waals surface area contributed by atoms with Crippen molar-refractivity contribution in [3.05, 3.63) is 24.0 Å². The van der Waals surface area contributed by atoms with Gasteiger partial charge in [-0.05, 0) is 18.2 Å². The van der Waals surface area contributed by atoms with Gasteiger partial charge in [-0.3, -0.25) is 9.11 Å². The van der Waals surface area contributed by atoms with Gasteiger partial charge in [-0.25, -0.2) is 0 Å². The highest BCUT2D eigenvalue weighted by Gasteiger charge is 2.52. The average Bonchev–Trinajstić information content (AvgIpc) is 2.00. The lowest BCUT2D eigenvalue weighted by Gasteiger charge is -2.24. The number of hydrogen-bond donors (Lipinski definition) is 3. The zero-order chi connectivity index (χ0) is 11.9. The lowest BCUT2D eigenvalue weighted by Crippen LogP contribution is -2.44.